The van der Waals surface area contributed by atoms with Crippen molar-refractivity contribution in [3.05, 3.63) is 29.8 Å². The van der Waals surface area contributed by atoms with E-state index in [0.29, 0.717) is 0 Å². The molecule has 1 N–H and O–H groups in total. The second kappa shape index (κ2) is 6.59. The van der Waals surface area contributed by atoms with Crippen LogP contribution in [0.4, 0.5) is 0 Å². The molecular formula is C17H27NO2. The first-order chi connectivity index (χ1) is 9.67. The summed E-state index contributed by atoms with van der Waals surface area (Å²) in [5.41, 5.74) is 0.808. The molecule has 2 rings (SSSR count). The Balaban J connectivity index is 2.32. The van der Waals surface area contributed by atoms with Crippen LogP contribution >= 0.6 is 0 Å². The summed E-state index contributed by atoms with van der Waals surface area (Å²) in [5.74, 6) is 0.809. The molecule has 112 valence electrons. The van der Waals surface area contributed by atoms with Gasteiger partial charge in [0.25, 0.3) is 0 Å². The second-order valence-corrected chi connectivity index (χ2v) is 5.68. The predicted molar refractivity (Wildman–Crippen MR) is 82.1 cm³/mol. The molecule has 0 aromatic heterocycles. The summed E-state index contributed by atoms with van der Waals surface area (Å²) >= 11 is 0. The number of rotatable bonds is 6. The summed E-state index contributed by atoms with van der Waals surface area (Å²) in [5, 5.41) is 11.0. The largest absolute Gasteiger partial charge is 0.497 e. The summed E-state index contributed by atoms with van der Waals surface area (Å²) in [7, 11) is 1.67. The van der Waals surface area contributed by atoms with E-state index in [9.17, 15) is 5.11 Å². The van der Waals surface area contributed by atoms with Crippen molar-refractivity contribution < 1.29 is 9.84 Å². The maximum atomic E-state index is 11.0. The van der Waals surface area contributed by atoms with Crippen LogP contribution in [0.3, 0.4) is 0 Å². The van der Waals surface area contributed by atoms with Crippen LogP contribution in [0.2, 0.25) is 0 Å². The first-order valence-corrected chi connectivity index (χ1v) is 7.75. The van der Waals surface area contributed by atoms with Crippen molar-refractivity contribution in [1.29, 1.82) is 0 Å². The number of nitrogens with zero attached hydrogens (tertiary/aromatic N) is 1. The molecule has 0 spiro atoms. The monoisotopic (exact) mass is 277 g/mol. The van der Waals surface area contributed by atoms with E-state index in [4.69, 9.17) is 4.74 Å². The van der Waals surface area contributed by atoms with Gasteiger partial charge in [0, 0.05) is 0 Å². The Hall–Kier alpha value is -1.06. The topological polar surface area (TPSA) is 32.7 Å². The number of likely N-dealkylation sites (tertiary alicyclic amines) is 1. The molecular weight excluding hydrogens is 250 g/mol. The van der Waals surface area contributed by atoms with E-state index in [0.717, 1.165) is 37.2 Å². The molecule has 0 amide bonds. The van der Waals surface area contributed by atoms with Crippen LogP contribution in [0.25, 0.3) is 0 Å². The third-order valence-corrected chi connectivity index (χ3v) is 4.88. The highest BCUT2D eigenvalue weighted by atomic mass is 16.5. The Labute approximate surface area is 122 Å². The molecule has 1 heterocycles. The van der Waals surface area contributed by atoms with E-state index in [1.807, 2.05) is 24.3 Å². The maximum Gasteiger partial charge on any atom is 0.119 e. The van der Waals surface area contributed by atoms with Gasteiger partial charge in [-0.2, -0.15) is 0 Å². The van der Waals surface area contributed by atoms with Crippen molar-refractivity contribution in [2.75, 3.05) is 20.2 Å². The summed E-state index contributed by atoms with van der Waals surface area (Å²) in [4.78, 5) is 2.48. The molecule has 3 nitrogen and oxygen atoms in total. The zero-order valence-electron chi connectivity index (χ0n) is 12.9. The van der Waals surface area contributed by atoms with Gasteiger partial charge in [-0.1, -0.05) is 26.0 Å². The fraction of sp³-hybridized carbons (Fsp3) is 0.647. The molecule has 1 unspecified atom stereocenters. The van der Waals surface area contributed by atoms with Gasteiger partial charge in [-0.15, -0.1) is 0 Å². The van der Waals surface area contributed by atoms with Crippen molar-refractivity contribution in [2.45, 2.75) is 51.2 Å². The second-order valence-electron chi connectivity index (χ2n) is 5.68. The number of benzene rings is 1. The van der Waals surface area contributed by atoms with Crippen molar-refractivity contribution in [3.8, 4) is 5.75 Å². The van der Waals surface area contributed by atoms with Gasteiger partial charge >= 0.3 is 0 Å². The lowest BCUT2D eigenvalue weighted by molar-refractivity contribution is -0.0295. The van der Waals surface area contributed by atoms with Crippen LogP contribution in [-0.2, 0) is 0 Å². The van der Waals surface area contributed by atoms with Crippen molar-refractivity contribution in [3.63, 3.8) is 0 Å². The molecule has 1 aliphatic rings. The SMILES string of the molecule is CCC(CC)(C(O)c1cccc(OC)c1)N1CCCC1. The zero-order valence-corrected chi connectivity index (χ0v) is 12.9. The van der Waals surface area contributed by atoms with E-state index < -0.39 is 6.10 Å². The van der Waals surface area contributed by atoms with Gasteiger partial charge in [0.05, 0.1) is 18.8 Å². The van der Waals surface area contributed by atoms with Gasteiger partial charge in [-0.05, 0) is 56.5 Å². The Morgan fingerprint density at radius 3 is 2.45 bits per heavy atom. The number of aliphatic hydroxyl groups excluding tert-OH is 1. The molecule has 20 heavy (non-hydrogen) atoms. The van der Waals surface area contributed by atoms with Gasteiger partial charge in [0.2, 0.25) is 0 Å². The summed E-state index contributed by atoms with van der Waals surface area (Å²) in [6, 6.07) is 7.84. The number of aliphatic hydroxyl groups is 1. The lowest BCUT2D eigenvalue weighted by Gasteiger charge is -2.44. The summed E-state index contributed by atoms with van der Waals surface area (Å²) < 4.78 is 5.29. The Bertz CT molecular complexity index is 423. The molecule has 0 radical (unpaired) electrons. The fourth-order valence-electron chi connectivity index (χ4n) is 3.54. The third-order valence-electron chi connectivity index (χ3n) is 4.88. The minimum atomic E-state index is -0.467. The van der Waals surface area contributed by atoms with Crippen molar-refractivity contribution >= 4 is 0 Å². The Kier molecular flexibility index (Phi) is 5.06. The summed E-state index contributed by atoms with van der Waals surface area (Å²) in [6.07, 6.45) is 3.94. The average Bonchev–Trinajstić information content (AvgIpc) is 3.04. The first kappa shape index (κ1) is 15.3. The third kappa shape index (κ3) is 2.70. The predicted octanol–water partition coefficient (Wildman–Crippen LogP) is 3.38. The molecule has 1 aromatic rings. The molecule has 3 heteroatoms. The zero-order chi connectivity index (χ0) is 14.6. The maximum absolute atomic E-state index is 11.0. The van der Waals surface area contributed by atoms with Gasteiger partial charge in [0.15, 0.2) is 0 Å². The highest BCUT2D eigenvalue weighted by molar-refractivity contribution is 5.31. The van der Waals surface area contributed by atoms with E-state index >= 15 is 0 Å². The molecule has 1 atom stereocenters. The van der Waals surface area contributed by atoms with Gasteiger partial charge < -0.3 is 9.84 Å². The first-order valence-electron chi connectivity index (χ1n) is 7.75. The van der Waals surface area contributed by atoms with E-state index in [1.165, 1.54) is 12.8 Å². The number of hydrogen-bond donors (Lipinski definition) is 1. The van der Waals surface area contributed by atoms with Crippen LogP contribution < -0.4 is 4.74 Å². The summed E-state index contributed by atoms with van der Waals surface area (Å²) in [6.45, 7) is 6.57. The number of hydrogen-bond acceptors (Lipinski definition) is 3. The van der Waals surface area contributed by atoms with Crippen LogP contribution in [0.15, 0.2) is 24.3 Å². The van der Waals surface area contributed by atoms with Crippen LogP contribution in [0, 0.1) is 0 Å². The minimum Gasteiger partial charge on any atom is -0.497 e. The quantitative estimate of drug-likeness (QED) is 0.865. The highest BCUT2D eigenvalue weighted by Gasteiger charge is 2.42. The molecule has 0 aliphatic carbocycles. The normalized spacial score (nSPS) is 18.2. The molecule has 1 aliphatic heterocycles. The lowest BCUT2D eigenvalue weighted by atomic mass is 9.81. The van der Waals surface area contributed by atoms with E-state index in [-0.39, 0.29) is 5.54 Å². The van der Waals surface area contributed by atoms with Gasteiger partial charge in [0.1, 0.15) is 5.75 Å². The van der Waals surface area contributed by atoms with Crippen molar-refractivity contribution in [2.24, 2.45) is 0 Å². The molecule has 1 aromatic carbocycles. The lowest BCUT2D eigenvalue weighted by Crippen LogP contribution is -2.51. The van der Waals surface area contributed by atoms with Crippen LogP contribution in [0.1, 0.15) is 51.2 Å². The molecule has 1 saturated heterocycles. The number of methoxy groups -OCH3 is 1. The van der Waals surface area contributed by atoms with Gasteiger partial charge in [-0.25, -0.2) is 0 Å². The molecule has 0 bridgehead atoms. The van der Waals surface area contributed by atoms with E-state index in [1.54, 1.807) is 7.11 Å². The Morgan fingerprint density at radius 1 is 1.25 bits per heavy atom. The smallest absolute Gasteiger partial charge is 0.119 e. The van der Waals surface area contributed by atoms with Gasteiger partial charge in [-0.3, -0.25) is 4.90 Å². The van der Waals surface area contributed by atoms with E-state index in [2.05, 4.69) is 18.7 Å². The minimum absolute atomic E-state index is 0.150. The highest BCUT2D eigenvalue weighted by Crippen LogP contribution is 2.39. The van der Waals surface area contributed by atoms with Crippen molar-refractivity contribution in [1.82, 2.24) is 4.90 Å². The molecule has 1 fully saturated rings. The Morgan fingerprint density at radius 2 is 1.90 bits per heavy atom. The molecule has 0 saturated carbocycles. The van der Waals surface area contributed by atoms with Crippen LogP contribution in [0.5, 0.6) is 5.75 Å². The average molecular weight is 277 g/mol. The fourth-order valence-corrected chi connectivity index (χ4v) is 3.54. The standard InChI is InChI=1S/C17H27NO2/c1-4-17(5-2,18-11-6-7-12-18)16(19)14-9-8-10-15(13-14)20-3/h8-10,13,16,19H,4-7,11-12H2,1-3H3. The number of ether oxygens (including phenoxy) is 1. The van der Waals surface area contributed by atoms with Crippen LogP contribution in [-0.4, -0.2) is 35.7 Å².